The number of rotatable bonds is 1. The monoisotopic (exact) mass is 237 g/mol. The van der Waals surface area contributed by atoms with Crippen LogP contribution in [0.25, 0.3) is 11.1 Å². The van der Waals surface area contributed by atoms with E-state index in [0.717, 1.165) is 22.6 Å². The summed E-state index contributed by atoms with van der Waals surface area (Å²) in [7, 11) is 0. The van der Waals surface area contributed by atoms with Crippen molar-refractivity contribution in [1.29, 1.82) is 5.26 Å². The van der Waals surface area contributed by atoms with Crippen LogP contribution < -0.4 is 9.47 Å². The SMILES string of the molecule is N#Cc1ccc(-c2ccc3c(c2)OCCO3)cc1. The molecular formula is C15H11NO2. The van der Waals surface area contributed by atoms with Crippen LogP contribution in [0.4, 0.5) is 0 Å². The molecule has 0 aromatic heterocycles. The number of hydrogen-bond acceptors (Lipinski definition) is 3. The molecule has 0 bridgehead atoms. The largest absolute Gasteiger partial charge is 0.486 e. The summed E-state index contributed by atoms with van der Waals surface area (Å²) >= 11 is 0. The van der Waals surface area contributed by atoms with Crippen molar-refractivity contribution >= 4 is 0 Å². The fourth-order valence-electron chi connectivity index (χ4n) is 1.96. The highest BCUT2D eigenvalue weighted by molar-refractivity contribution is 5.67. The molecule has 0 radical (unpaired) electrons. The van der Waals surface area contributed by atoms with Gasteiger partial charge in [0, 0.05) is 0 Å². The summed E-state index contributed by atoms with van der Waals surface area (Å²) < 4.78 is 11.0. The highest BCUT2D eigenvalue weighted by Gasteiger charge is 2.12. The molecule has 1 heterocycles. The Morgan fingerprint density at radius 1 is 0.833 bits per heavy atom. The van der Waals surface area contributed by atoms with Crippen LogP contribution in [0.15, 0.2) is 42.5 Å². The molecule has 1 aliphatic heterocycles. The Morgan fingerprint density at radius 3 is 2.22 bits per heavy atom. The van der Waals surface area contributed by atoms with Gasteiger partial charge in [-0.1, -0.05) is 18.2 Å². The summed E-state index contributed by atoms with van der Waals surface area (Å²) in [6.45, 7) is 1.19. The van der Waals surface area contributed by atoms with Crippen LogP contribution in [-0.2, 0) is 0 Å². The van der Waals surface area contributed by atoms with Gasteiger partial charge in [-0.25, -0.2) is 0 Å². The second-order valence-electron chi connectivity index (χ2n) is 4.05. The lowest BCUT2D eigenvalue weighted by atomic mass is 10.0. The average Bonchev–Trinajstić information content (AvgIpc) is 2.47. The summed E-state index contributed by atoms with van der Waals surface area (Å²) in [6.07, 6.45) is 0. The second kappa shape index (κ2) is 4.42. The van der Waals surface area contributed by atoms with E-state index < -0.39 is 0 Å². The molecule has 2 aromatic carbocycles. The van der Waals surface area contributed by atoms with Gasteiger partial charge in [-0.15, -0.1) is 0 Å². The quantitative estimate of drug-likeness (QED) is 0.765. The van der Waals surface area contributed by atoms with Gasteiger partial charge in [-0.3, -0.25) is 0 Å². The van der Waals surface area contributed by atoms with E-state index in [9.17, 15) is 0 Å². The molecule has 3 rings (SSSR count). The van der Waals surface area contributed by atoms with Crippen LogP contribution in [0.1, 0.15) is 5.56 Å². The third kappa shape index (κ3) is 1.89. The van der Waals surface area contributed by atoms with Gasteiger partial charge in [0.25, 0.3) is 0 Å². The predicted molar refractivity (Wildman–Crippen MR) is 67.6 cm³/mol. The Morgan fingerprint density at radius 2 is 1.50 bits per heavy atom. The molecular weight excluding hydrogens is 226 g/mol. The molecule has 0 saturated carbocycles. The van der Waals surface area contributed by atoms with E-state index in [0.29, 0.717) is 18.8 Å². The van der Waals surface area contributed by atoms with Crippen LogP contribution in [0.5, 0.6) is 11.5 Å². The first kappa shape index (κ1) is 10.7. The zero-order valence-corrected chi connectivity index (χ0v) is 9.72. The van der Waals surface area contributed by atoms with Crippen LogP contribution >= 0.6 is 0 Å². The molecule has 1 aliphatic rings. The lowest BCUT2D eigenvalue weighted by Crippen LogP contribution is -2.15. The summed E-state index contributed by atoms with van der Waals surface area (Å²) in [6, 6.07) is 15.5. The third-order valence-corrected chi connectivity index (χ3v) is 2.89. The smallest absolute Gasteiger partial charge is 0.161 e. The van der Waals surface area contributed by atoms with Gasteiger partial charge in [0.1, 0.15) is 13.2 Å². The molecule has 0 spiro atoms. The van der Waals surface area contributed by atoms with Crippen molar-refractivity contribution in [2.45, 2.75) is 0 Å². The lowest BCUT2D eigenvalue weighted by Gasteiger charge is -2.18. The van der Waals surface area contributed by atoms with Crippen molar-refractivity contribution < 1.29 is 9.47 Å². The van der Waals surface area contributed by atoms with E-state index in [-0.39, 0.29) is 0 Å². The number of hydrogen-bond donors (Lipinski definition) is 0. The van der Waals surface area contributed by atoms with Crippen molar-refractivity contribution in [3.8, 4) is 28.7 Å². The standard InChI is InChI=1S/C15H11NO2/c16-10-11-1-3-12(4-2-11)13-5-6-14-15(9-13)18-8-7-17-14/h1-6,9H,7-8H2. The van der Waals surface area contributed by atoms with Crippen LogP contribution in [0.2, 0.25) is 0 Å². The van der Waals surface area contributed by atoms with Gasteiger partial charge in [-0.05, 0) is 35.4 Å². The van der Waals surface area contributed by atoms with Gasteiger partial charge in [0.15, 0.2) is 11.5 Å². The minimum Gasteiger partial charge on any atom is -0.486 e. The Kier molecular flexibility index (Phi) is 2.62. The first-order valence-corrected chi connectivity index (χ1v) is 5.77. The van der Waals surface area contributed by atoms with E-state index in [1.165, 1.54) is 0 Å². The summed E-state index contributed by atoms with van der Waals surface area (Å²) in [5, 5.41) is 8.77. The first-order valence-electron chi connectivity index (χ1n) is 5.77. The van der Waals surface area contributed by atoms with Crippen LogP contribution in [0, 0.1) is 11.3 Å². The minimum absolute atomic E-state index is 0.587. The van der Waals surface area contributed by atoms with Crippen molar-refractivity contribution in [3.63, 3.8) is 0 Å². The maximum absolute atomic E-state index is 8.77. The Bertz CT molecular complexity index is 611. The maximum Gasteiger partial charge on any atom is 0.161 e. The van der Waals surface area contributed by atoms with Gasteiger partial charge >= 0.3 is 0 Å². The van der Waals surface area contributed by atoms with E-state index >= 15 is 0 Å². The average molecular weight is 237 g/mol. The lowest BCUT2D eigenvalue weighted by molar-refractivity contribution is 0.171. The molecule has 0 atom stereocenters. The van der Waals surface area contributed by atoms with E-state index in [4.69, 9.17) is 14.7 Å². The molecule has 2 aromatic rings. The van der Waals surface area contributed by atoms with Crippen molar-refractivity contribution in [2.75, 3.05) is 13.2 Å². The zero-order chi connectivity index (χ0) is 12.4. The predicted octanol–water partition coefficient (Wildman–Crippen LogP) is 3.00. The number of ether oxygens (including phenoxy) is 2. The Balaban J connectivity index is 1.98. The van der Waals surface area contributed by atoms with Crippen LogP contribution in [-0.4, -0.2) is 13.2 Å². The number of fused-ring (bicyclic) bond motifs is 1. The maximum atomic E-state index is 8.77. The third-order valence-electron chi connectivity index (χ3n) is 2.89. The molecule has 3 nitrogen and oxygen atoms in total. The molecule has 0 aliphatic carbocycles. The molecule has 0 saturated heterocycles. The van der Waals surface area contributed by atoms with Crippen molar-refractivity contribution in [1.82, 2.24) is 0 Å². The van der Waals surface area contributed by atoms with E-state index in [1.807, 2.05) is 42.5 Å². The minimum atomic E-state index is 0.587. The number of nitrogens with zero attached hydrogens (tertiary/aromatic N) is 1. The van der Waals surface area contributed by atoms with E-state index in [2.05, 4.69) is 6.07 Å². The molecule has 0 amide bonds. The van der Waals surface area contributed by atoms with Crippen molar-refractivity contribution in [3.05, 3.63) is 48.0 Å². The molecule has 0 N–H and O–H groups in total. The van der Waals surface area contributed by atoms with Crippen molar-refractivity contribution in [2.24, 2.45) is 0 Å². The first-order chi connectivity index (χ1) is 8.86. The number of benzene rings is 2. The normalized spacial score (nSPS) is 12.8. The zero-order valence-electron chi connectivity index (χ0n) is 9.72. The molecule has 0 fully saturated rings. The second-order valence-corrected chi connectivity index (χ2v) is 4.05. The number of nitriles is 1. The highest BCUT2D eigenvalue weighted by atomic mass is 16.6. The fraction of sp³-hybridized carbons (Fsp3) is 0.133. The van der Waals surface area contributed by atoms with E-state index in [1.54, 1.807) is 0 Å². The van der Waals surface area contributed by atoms with Gasteiger partial charge in [-0.2, -0.15) is 5.26 Å². The highest BCUT2D eigenvalue weighted by Crippen LogP contribution is 2.34. The van der Waals surface area contributed by atoms with Gasteiger partial charge in [0.05, 0.1) is 11.6 Å². The topological polar surface area (TPSA) is 42.2 Å². The summed E-state index contributed by atoms with van der Waals surface area (Å²) in [4.78, 5) is 0. The van der Waals surface area contributed by atoms with Crippen LogP contribution in [0.3, 0.4) is 0 Å². The Labute approximate surface area is 105 Å². The summed E-state index contributed by atoms with van der Waals surface area (Å²) in [5.41, 5.74) is 2.78. The molecule has 18 heavy (non-hydrogen) atoms. The summed E-state index contributed by atoms with van der Waals surface area (Å²) in [5.74, 6) is 1.57. The van der Waals surface area contributed by atoms with Gasteiger partial charge < -0.3 is 9.47 Å². The van der Waals surface area contributed by atoms with Gasteiger partial charge in [0.2, 0.25) is 0 Å². The molecule has 0 unspecified atom stereocenters. The Hall–Kier alpha value is -2.47. The molecule has 3 heteroatoms. The molecule has 88 valence electrons. The fourth-order valence-corrected chi connectivity index (χ4v) is 1.96.